The van der Waals surface area contributed by atoms with Crippen LogP contribution in [-0.4, -0.2) is 49.5 Å². The Labute approximate surface area is 261 Å². The molecule has 3 rings (SSSR count). The third-order valence-corrected chi connectivity index (χ3v) is 7.21. The highest BCUT2D eigenvalue weighted by Gasteiger charge is 2.30. The van der Waals surface area contributed by atoms with Crippen LogP contribution in [0.1, 0.15) is 66.1 Å². The van der Waals surface area contributed by atoms with Gasteiger partial charge in [0.15, 0.2) is 0 Å². The van der Waals surface area contributed by atoms with E-state index < -0.39 is 23.7 Å². The van der Waals surface area contributed by atoms with Gasteiger partial charge in [0, 0.05) is 23.4 Å². The first-order valence-corrected chi connectivity index (χ1v) is 13.4. The van der Waals surface area contributed by atoms with Crippen LogP contribution < -0.4 is 19.5 Å². The number of aromatic carboxylic acids is 2. The van der Waals surface area contributed by atoms with Crippen LogP contribution in [-0.2, 0) is 6.18 Å². The lowest BCUT2D eigenvalue weighted by Crippen LogP contribution is -2.12. The lowest BCUT2D eigenvalue weighted by atomic mass is 9.92. The monoisotopic (exact) mass is 641 g/mol. The standard InChI is InChI=1S/C20H24F3NO2.C12H14O5.ClH/c1-13-12-18(25-4)15(3)19(14(13)2)26-11-5-10-24-17-8-6-16(7-9-17)20(21,22)23;1-5-6(2)9(12(15)16)10(17-4)7(3)8(5)11(13)14;/h6-9,12,24H,5,10-11H2,1-4H3;1-4H3,(H,13,14)(H,15,16);1H. The molecule has 0 fully saturated rings. The van der Waals surface area contributed by atoms with Crippen molar-refractivity contribution in [2.75, 3.05) is 32.7 Å². The van der Waals surface area contributed by atoms with Crippen molar-refractivity contribution in [3.05, 3.63) is 80.4 Å². The maximum Gasteiger partial charge on any atom is 0.416 e. The number of hydrogen-bond donors (Lipinski definition) is 3. The van der Waals surface area contributed by atoms with Gasteiger partial charge in [-0.2, -0.15) is 13.2 Å². The maximum absolute atomic E-state index is 12.5. The average molecular weight is 642 g/mol. The predicted molar refractivity (Wildman–Crippen MR) is 166 cm³/mol. The molecule has 0 heterocycles. The van der Waals surface area contributed by atoms with Crippen molar-refractivity contribution in [2.24, 2.45) is 0 Å². The van der Waals surface area contributed by atoms with Gasteiger partial charge in [-0.15, -0.1) is 12.4 Å². The van der Waals surface area contributed by atoms with Gasteiger partial charge in [-0.3, -0.25) is 0 Å². The third kappa shape index (κ3) is 8.95. The summed E-state index contributed by atoms with van der Waals surface area (Å²) in [6.45, 7) is 11.8. The minimum Gasteiger partial charge on any atom is -0.496 e. The molecule has 8 nitrogen and oxygen atoms in total. The van der Waals surface area contributed by atoms with Crippen molar-refractivity contribution in [2.45, 2.75) is 54.1 Å². The summed E-state index contributed by atoms with van der Waals surface area (Å²) >= 11 is 0. The van der Waals surface area contributed by atoms with Crippen LogP contribution in [0.25, 0.3) is 0 Å². The van der Waals surface area contributed by atoms with Crippen LogP contribution in [0.2, 0.25) is 0 Å². The first kappa shape index (κ1) is 37.9. The van der Waals surface area contributed by atoms with E-state index in [4.69, 9.17) is 24.4 Å². The van der Waals surface area contributed by atoms with Gasteiger partial charge in [-0.1, -0.05) is 0 Å². The van der Waals surface area contributed by atoms with Crippen LogP contribution in [0.3, 0.4) is 0 Å². The number of carboxylic acids is 2. The van der Waals surface area contributed by atoms with Gasteiger partial charge in [0.05, 0.1) is 32.0 Å². The summed E-state index contributed by atoms with van der Waals surface area (Å²) in [7, 11) is 2.96. The molecule has 0 unspecified atom stereocenters. The van der Waals surface area contributed by atoms with Crippen LogP contribution in [0.5, 0.6) is 17.2 Å². The molecule has 3 N–H and O–H groups in total. The molecule has 0 amide bonds. The second kappa shape index (κ2) is 16.1. The number of ether oxygens (including phenoxy) is 3. The number of carboxylic acid groups (broad SMARTS) is 2. The lowest BCUT2D eigenvalue weighted by Gasteiger charge is -2.17. The molecule has 3 aromatic rings. The third-order valence-electron chi connectivity index (χ3n) is 7.21. The zero-order valence-corrected chi connectivity index (χ0v) is 26.8. The second-order valence-corrected chi connectivity index (χ2v) is 9.95. The van der Waals surface area contributed by atoms with Gasteiger partial charge in [-0.05, 0) is 101 Å². The summed E-state index contributed by atoms with van der Waals surface area (Å²) in [5.41, 5.74) is 4.48. The van der Waals surface area contributed by atoms with Gasteiger partial charge in [0.1, 0.15) is 22.8 Å². The summed E-state index contributed by atoms with van der Waals surface area (Å²) in [6.07, 6.45) is -3.59. The number of halogens is 4. The molecular formula is C32H39ClF3NO7. The molecule has 12 heteroatoms. The lowest BCUT2D eigenvalue weighted by molar-refractivity contribution is -0.137. The van der Waals surface area contributed by atoms with Gasteiger partial charge >= 0.3 is 18.1 Å². The first-order valence-electron chi connectivity index (χ1n) is 13.4. The highest BCUT2D eigenvalue weighted by molar-refractivity contribution is 5.99. The Morgan fingerprint density at radius 2 is 1.32 bits per heavy atom. The fourth-order valence-electron chi connectivity index (χ4n) is 4.63. The van der Waals surface area contributed by atoms with E-state index in [1.807, 2.05) is 26.8 Å². The number of carbonyl (C=O) groups is 2. The molecule has 0 aliphatic rings. The zero-order chi connectivity index (χ0) is 32.6. The number of nitrogens with one attached hydrogen (secondary N) is 1. The average Bonchev–Trinajstić information content (AvgIpc) is 2.93. The highest BCUT2D eigenvalue weighted by Crippen LogP contribution is 2.35. The van der Waals surface area contributed by atoms with Crippen LogP contribution >= 0.6 is 12.4 Å². The van der Waals surface area contributed by atoms with E-state index in [-0.39, 0.29) is 29.3 Å². The minimum absolute atomic E-state index is 0. The number of aryl methyl sites for hydroxylation is 1. The van der Waals surface area contributed by atoms with Gasteiger partial charge in [0.2, 0.25) is 0 Å². The number of methoxy groups -OCH3 is 2. The fraction of sp³-hybridized carbons (Fsp3) is 0.375. The maximum atomic E-state index is 12.5. The van der Waals surface area contributed by atoms with Gasteiger partial charge in [-0.25, -0.2) is 9.59 Å². The van der Waals surface area contributed by atoms with Crippen molar-refractivity contribution in [3.63, 3.8) is 0 Å². The van der Waals surface area contributed by atoms with Crippen molar-refractivity contribution in [3.8, 4) is 17.2 Å². The number of alkyl halides is 3. The van der Waals surface area contributed by atoms with E-state index in [9.17, 15) is 22.8 Å². The normalized spacial score (nSPS) is 10.6. The molecule has 0 bridgehead atoms. The topological polar surface area (TPSA) is 114 Å². The van der Waals surface area contributed by atoms with Crippen LogP contribution in [0.4, 0.5) is 18.9 Å². The van der Waals surface area contributed by atoms with E-state index in [0.29, 0.717) is 35.5 Å². The SMILES string of the molecule is COc1c(C)c(C(=O)O)c(C)c(C)c1C(=O)O.COc1cc(C)c(C)c(OCCCNc2ccc(C(F)(F)F)cc2)c1C.Cl. The summed E-state index contributed by atoms with van der Waals surface area (Å²) in [6, 6.07) is 7.01. The number of rotatable bonds is 10. The summed E-state index contributed by atoms with van der Waals surface area (Å²) in [5.74, 6) is -0.471. The summed E-state index contributed by atoms with van der Waals surface area (Å²) < 4.78 is 53.9. The van der Waals surface area contributed by atoms with Crippen molar-refractivity contribution in [1.82, 2.24) is 0 Å². The predicted octanol–water partition coefficient (Wildman–Crippen LogP) is 7.96. The Balaban J connectivity index is 0.000000469. The van der Waals surface area contributed by atoms with E-state index in [0.717, 1.165) is 46.7 Å². The van der Waals surface area contributed by atoms with Gasteiger partial charge < -0.3 is 29.7 Å². The Bertz CT molecular complexity index is 1470. The number of anilines is 1. The Hall–Kier alpha value is -4.12. The molecule has 242 valence electrons. The number of hydrogen-bond acceptors (Lipinski definition) is 6. The molecule has 0 aromatic heterocycles. The Morgan fingerprint density at radius 1 is 0.773 bits per heavy atom. The minimum atomic E-state index is -4.31. The van der Waals surface area contributed by atoms with Crippen molar-refractivity contribution < 1.29 is 47.2 Å². The first-order chi connectivity index (χ1) is 20.1. The largest absolute Gasteiger partial charge is 0.496 e. The summed E-state index contributed by atoms with van der Waals surface area (Å²) in [5, 5.41) is 21.3. The zero-order valence-electron chi connectivity index (χ0n) is 26.0. The van der Waals surface area contributed by atoms with Crippen LogP contribution in [0.15, 0.2) is 30.3 Å². The van der Waals surface area contributed by atoms with E-state index >= 15 is 0 Å². The van der Waals surface area contributed by atoms with Crippen molar-refractivity contribution >= 4 is 30.0 Å². The van der Waals surface area contributed by atoms with E-state index in [2.05, 4.69) is 5.32 Å². The molecule has 0 radical (unpaired) electrons. The quantitative estimate of drug-likeness (QED) is 0.191. The second-order valence-electron chi connectivity index (χ2n) is 9.95. The molecule has 3 aromatic carbocycles. The van der Waals surface area contributed by atoms with Crippen LogP contribution in [0, 0.1) is 41.5 Å². The number of benzene rings is 3. The van der Waals surface area contributed by atoms with Crippen molar-refractivity contribution in [1.29, 1.82) is 0 Å². The smallest absolute Gasteiger partial charge is 0.416 e. The molecule has 0 aliphatic carbocycles. The Kier molecular flexibility index (Phi) is 13.9. The summed E-state index contributed by atoms with van der Waals surface area (Å²) in [4.78, 5) is 22.3. The molecular weight excluding hydrogens is 603 g/mol. The molecule has 0 spiro atoms. The molecule has 0 atom stereocenters. The molecule has 0 saturated carbocycles. The fourth-order valence-corrected chi connectivity index (χ4v) is 4.63. The van der Waals surface area contributed by atoms with Gasteiger partial charge in [0.25, 0.3) is 0 Å². The van der Waals surface area contributed by atoms with E-state index in [1.165, 1.54) is 19.2 Å². The van der Waals surface area contributed by atoms with E-state index in [1.54, 1.807) is 27.9 Å². The molecule has 0 aliphatic heterocycles. The molecule has 0 saturated heterocycles. The highest BCUT2D eigenvalue weighted by atomic mass is 35.5. The molecule has 44 heavy (non-hydrogen) atoms. The Morgan fingerprint density at radius 3 is 1.80 bits per heavy atom.